The van der Waals surface area contributed by atoms with Crippen LogP contribution >= 0.6 is 15.9 Å². The number of methoxy groups -OCH3 is 1. The van der Waals surface area contributed by atoms with Crippen molar-refractivity contribution in [1.29, 1.82) is 0 Å². The van der Waals surface area contributed by atoms with E-state index in [1.54, 1.807) is 6.92 Å². The number of aromatic nitrogens is 4. The molecule has 0 unspecified atom stereocenters. The second kappa shape index (κ2) is 6.48. The number of halogens is 1. The zero-order valence-electron chi connectivity index (χ0n) is 11.3. The first-order valence-corrected chi connectivity index (χ1v) is 6.66. The Labute approximate surface area is 127 Å². The van der Waals surface area contributed by atoms with E-state index in [1.165, 1.54) is 13.3 Å². The monoisotopic (exact) mass is 357 g/mol. The highest BCUT2D eigenvalue weighted by molar-refractivity contribution is 9.10. The van der Waals surface area contributed by atoms with E-state index in [-0.39, 0.29) is 17.6 Å². The summed E-state index contributed by atoms with van der Waals surface area (Å²) in [6.07, 6.45) is 1.41. The molecular formula is C11H12BrN5O4. The van der Waals surface area contributed by atoms with Crippen LogP contribution in [0.5, 0.6) is 0 Å². The number of hydrogen-bond acceptors (Lipinski definition) is 8. The third-order valence-corrected chi connectivity index (χ3v) is 3.26. The van der Waals surface area contributed by atoms with Gasteiger partial charge in [-0.05, 0) is 22.9 Å². The van der Waals surface area contributed by atoms with Gasteiger partial charge in [-0.1, -0.05) is 5.16 Å². The minimum atomic E-state index is -0.557. The molecule has 2 rings (SSSR count). The molecule has 2 heterocycles. The predicted molar refractivity (Wildman–Crippen MR) is 74.6 cm³/mol. The Balaban J connectivity index is 2.13. The van der Waals surface area contributed by atoms with Crippen LogP contribution in [0.1, 0.15) is 11.7 Å². The van der Waals surface area contributed by atoms with E-state index in [4.69, 9.17) is 4.52 Å². The van der Waals surface area contributed by atoms with E-state index >= 15 is 0 Å². The van der Waals surface area contributed by atoms with E-state index in [0.29, 0.717) is 17.4 Å². The van der Waals surface area contributed by atoms with Crippen LogP contribution in [0.25, 0.3) is 0 Å². The van der Waals surface area contributed by atoms with Gasteiger partial charge in [0.05, 0.1) is 25.5 Å². The van der Waals surface area contributed by atoms with Crippen LogP contribution in [0.4, 0.5) is 5.69 Å². The van der Waals surface area contributed by atoms with Crippen LogP contribution in [0.2, 0.25) is 0 Å². The SMILES string of the molecule is COC(=O)Cn1ncc(NCc2nc(C)no2)c(Br)c1=O. The molecule has 0 saturated heterocycles. The van der Waals surface area contributed by atoms with Gasteiger partial charge in [-0.25, -0.2) is 4.68 Å². The molecule has 112 valence electrons. The first-order chi connectivity index (χ1) is 10.0. The van der Waals surface area contributed by atoms with Crippen LogP contribution in [0.3, 0.4) is 0 Å². The summed E-state index contributed by atoms with van der Waals surface area (Å²) in [4.78, 5) is 27.2. The second-order valence-corrected chi connectivity index (χ2v) is 4.79. The largest absolute Gasteiger partial charge is 0.468 e. The van der Waals surface area contributed by atoms with Gasteiger partial charge in [-0.2, -0.15) is 10.1 Å². The van der Waals surface area contributed by atoms with Crippen molar-refractivity contribution >= 4 is 27.6 Å². The highest BCUT2D eigenvalue weighted by Gasteiger charge is 2.12. The number of esters is 1. The quantitative estimate of drug-likeness (QED) is 0.769. The lowest BCUT2D eigenvalue weighted by molar-refractivity contribution is -0.141. The highest BCUT2D eigenvalue weighted by Crippen LogP contribution is 2.16. The van der Waals surface area contributed by atoms with Crippen molar-refractivity contribution in [1.82, 2.24) is 19.9 Å². The molecule has 0 aromatic carbocycles. The Morgan fingerprint density at radius 1 is 1.57 bits per heavy atom. The highest BCUT2D eigenvalue weighted by atomic mass is 79.9. The molecule has 0 fully saturated rings. The third-order valence-electron chi connectivity index (χ3n) is 2.49. The lowest BCUT2D eigenvalue weighted by Crippen LogP contribution is -2.28. The molecule has 0 spiro atoms. The number of aryl methyl sites for hydroxylation is 1. The van der Waals surface area contributed by atoms with Gasteiger partial charge in [0.15, 0.2) is 5.82 Å². The summed E-state index contributed by atoms with van der Waals surface area (Å²) in [6, 6.07) is 0. The van der Waals surface area contributed by atoms with Crippen molar-refractivity contribution in [2.24, 2.45) is 0 Å². The molecule has 0 atom stereocenters. The topological polar surface area (TPSA) is 112 Å². The summed E-state index contributed by atoms with van der Waals surface area (Å²) in [7, 11) is 1.24. The molecule has 2 aromatic heterocycles. The zero-order valence-corrected chi connectivity index (χ0v) is 12.9. The number of ether oxygens (including phenoxy) is 1. The minimum Gasteiger partial charge on any atom is -0.468 e. The first kappa shape index (κ1) is 15.2. The maximum Gasteiger partial charge on any atom is 0.327 e. The summed E-state index contributed by atoms with van der Waals surface area (Å²) < 4.78 is 10.7. The molecule has 0 saturated carbocycles. The van der Waals surface area contributed by atoms with Crippen molar-refractivity contribution in [3.05, 3.63) is 32.7 Å². The summed E-state index contributed by atoms with van der Waals surface area (Å²) in [5.41, 5.74) is 0.00378. The van der Waals surface area contributed by atoms with Crippen LogP contribution in [0.15, 0.2) is 20.0 Å². The normalized spacial score (nSPS) is 10.4. The molecule has 9 nitrogen and oxygen atoms in total. The first-order valence-electron chi connectivity index (χ1n) is 5.86. The Bertz CT molecular complexity index is 711. The molecule has 1 N–H and O–H groups in total. The van der Waals surface area contributed by atoms with E-state index in [1.807, 2.05) is 0 Å². The fraction of sp³-hybridized carbons (Fsp3) is 0.364. The molecule has 0 aliphatic rings. The van der Waals surface area contributed by atoms with Gasteiger partial charge in [0.25, 0.3) is 5.56 Å². The standard InChI is InChI=1S/C11H12BrN5O4/c1-6-15-8(21-16-6)4-13-7-3-14-17(5-9(18)20-2)11(19)10(7)12/h3,13H,4-5H2,1-2H3. The molecule has 2 aromatic rings. The Morgan fingerprint density at radius 2 is 2.33 bits per heavy atom. The fourth-order valence-corrected chi connectivity index (χ4v) is 1.92. The van der Waals surface area contributed by atoms with Gasteiger partial charge in [-0.3, -0.25) is 9.59 Å². The molecule has 0 bridgehead atoms. The lowest BCUT2D eigenvalue weighted by Gasteiger charge is -2.08. The van der Waals surface area contributed by atoms with Crippen molar-refractivity contribution in [3.8, 4) is 0 Å². The molecule has 10 heteroatoms. The lowest BCUT2D eigenvalue weighted by atomic mass is 10.4. The number of carbonyl (C=O) groups excluding carboxylic acids is 1. The van der Waals surface area contributed by atoms with E-state index in [2.05, 4.69) is 41.2 Å². The van der Waals surface area contributed by atoms with Crippen molar-refractivity contribution in [3.63, 3.8) is 0 Å². The van der Waals surface area contributed by atoms with Gasteiger partial charge in [0.1, 0.15) is 11.0 Å². The Hall–Kier alpha value is -2.23. The van der Waals surface area contributed by atoms with E-state index in [0.717, 1.165) is 4.68 Å². The summed E-state index contributed by atoms with van der Waals surface area (Å²) in [5, 5.41) is 10.5. The summed E-state index contributed by atoms with van der Waals surface area (Å²) in [6.45, 7) is 1.71. The molecule has 0 amide bonds. The average molecular weight is 358 g/mol. The molecule has 0 aliphatic heterocycles. The summed E-state index contributed by atoms with van der Waals surface area (Å²) in [5.74, 6) is 0.356. The van der Waals surface area contributed by atoms with E-state index in [9.17, 15) is 9.59 Å². The third kappa shape index (κ3) is 3.66. The van der Waals surface area contributed by atoms with Crippen LogP contribution in [0, 0.1) is 6.92 Å². The number of rotatable bonds is 5. The number of nitrogens with zero attached hydrogens (tertiary/aromatic N) is 4. The van der Waals surface area contributed by atoms with Gasteiger partial charge in [0.2, 0.25) is 5.89 Å². The zero-order chi connectivity index (χ0) is 15.4. The van der Waals surface area contributed by atoms with Crippen LogP contribution in [-0.2, 0) is 22.6 Å². The Morgan fingerprint density at radius 3 is 2.95 bits per heavy atom. The van der Waals surface area contributed by atoms with Crippen LogP contribution in [-0.4, -0.2) is 33.0 Å². The number of anilines is 1. The fourth-order valence-electron chi connectivity index (χ4n) is 1.47. The van der Waals surface area contributed by atoms with Gasteiger partial charge in [-0.15, -0.1) is 0 Å². The number of carbonyl (C=O) groups is 1. The van der Waals surface area contributed by atoms with E-state index < -0.39 is 11.5 Å². The van der Waals surface area contributed by atoms with Crippen molar-refractivity contribution in [2.45, 2.75) is 20.0 Å². The second-order valence-electron chi connectivity index (χ2n) is 4.00. The van der Waals surface area contributed by atoms with Crippen LogP contribution < -0.4 is 10.9 Å². The molecule has 21 heavy (non-hydrogen) atoms. The number of nitrogens with one attached hydrogen (secondary N) is 1. The summed E-state index contributed by atoms with van der Waals surface area (Å²) >= 11 is 3.17. The maximum absolute atomic E-state index is 12.0. The molecule has 0 radical (unpaired) electrons. The predicted octanol–water partition coefficient (Wildman–Crippen LogP) is 0.482. The smallest absolute Gasteiger partial charge is 0.327 e. The maximum atomic E-state index is 12.0. The Kier molecular flexibility index (Phi) is 4.68. The van der Waals surface area contributed by atoms with Gasteiger partial charge >= 0.3 is 5.97 Å². The minimum absolute atomic E-state index is 0.248. The average Bonchev–Trinajstić information content (AvgIpc) is 2.88. The van der Waals surface area contributed by atoms with Gasteiger partial charge < -0.3 is 14.6 Å². The van der Waals surface area contributed by atoms with Crippen molar-refractivity contribution in [2.75, 3.05) is 12.4 Å². The van der Waals surface area contributed by atoms with Gasteiger partial charge in [0, 0.05) is 0 Å². The number of hydrogen-bond donors (Lipinski definition) is 1. The van der Waals surface area contributed by atoms with Crippen molar-refractivity contribution < 1.29 is 14.1 Å². The molecule has 0 aliphatic carbocycles. The molecular weight excluding hydrogens is 346 g/mol.